The number of para-hydroxylation sites is 1. The molecule has 148 valence electrons. The van der Waals surface area contributed by atoms with Gasteiger partial charge >= 0.3 is 17.6 Å². The average Bonchev–Trinajstić information content (AvgIpc) is 2.71. The van der Waals surface area contributed by atoms with Crippen molar-refractivity contribution in [2.45, 2.75) is 19.8 Å². The largest absolute Gasteiger partial charge is 0.466 e. The molecular formula is C20H21NO7. The van der Waals surface area contributed by atoms with Gasteiger partial charge in [-0.05, 0) is 31.9 Å². The fraction of sp³-hybridized carbons (Fsp3) is 0.400. The molecule has 1 fully saturated rings. The highest BCUT2D eigenvalue weighted by atomic mass is 16.5. The molecule has 3 rings (SSSR count). The van der Waals surface area contributed by atoms with E-state index in [9.17, 15) is 19.2 Å². The third-order valence-corrected chi connectivity index (χ3v) is 4.66. The molecule has 2 heterocycles. The van der Waals surface area contributed by atoms with Crippen molar-refractivity contribution >= 4 is 28.8 Å². The van der Waals surface area contributed by atoms with Crippen molar-refractivity contribution in [1.29, 1.82) is 0 Å². The van der Waals surface area contributed by atoms with E-state index in [2.05, 4.69) is 0 Å². The number of fused-ring (bicyclic) bond motifs is 1. The molecule has 0 radical (unpaired) electrons. The number of likely N-dealkylation sites (tertiary alicyclic amines) is 1. The number of hydrogen-bond donors (Lipinski definition) is 0. The lowest BCUT2D eigenvalue weighted by molar-refractivity contribution is -0.151. The van der Waals surface area contributed by atoms with Crippen LogP contribution in [0.15, 0.2) is 39.5 Å². The van der Waals surface area contributed by atoms with E-state index >= 15 is 0 Å². The van der Waals surface area contributed by atoms with Gasteiger partial charge in [0.2, 0.25) is 0 Å². The molecule has 28 heavy (non-hydrogen) atoms. The van der Waals surface area contributed by atoms with Gasteiger partial charge in [-0.1, -0.05) is 18.2 Å². The SMILES string of the molecule is CCOC(=O)C1CCN(C(=O)COC(=O)c2cc3ccccc3oc2=O)CC1. The second-order valence-electron chi connectivity index (χ2n) is 6.47. The molecule has 1 amide bonds. The topological polar surface area (TPSA) is 103 Å². The van der Waals surface area contributed by atoms with E-state index < -0.39 is 18.2 Å². The number of amides is 1. The highest BCUT2D eigenvalue weighted by molar-refractivity contribution is 5.94. The smallest absolute Gasteiger partial charge is 0.351 e. The molecule has 0 bridgehead atoms. The minimum atomic E-state index is -0.908. The van der Waals surface area contributed by atoms with Crippen LogP contribution in [-0.2, 0) is 19.1 Å². The van der Waals surface area contributed by atoms with Crippen LogP contribution in [0.5, 0.6) is 0 Å². The van der Waals surface area contributed by atoms with Gasteiger partial charge in [0.25, 0.3) is 5.91 Å². The van der Waals surface area contributed by atoms with Crippen molar-refractivity contribution in [1.82, 2.24) is 4.90 Å². The van der Waals surface area contributed by atoms with Crippen LogP contribution in [0, 0.1) is 5.92 Å². The van der Waals surface area contributed by atoms with Crippen LogP contribution in [0.25, 0.3) is 11.0 Å². The Labute approximate surface area is 161 Å². The summed E-state index contributed by atoms with van der Waals surface area (Å²) in [6.07, 6.45) is 1.01. The molecule has 1 aliphatic heterocycles. The highest BCUT2D eigenvalue weighted by Crippen LogP contribution is 2.19. The van der Waals surface area contributed by atoms with Crippen molar-refractivity contribution < 1.29 is 28.3 Å². The van der Waals surface area contributed by atoms with E-state index in [4.69, 9.17) is 13.9 Å². The number of esters is 2. The van der Waals surface area contributed by atoms with Crippen LogP contribution in [0.3, 0.4) is 0 Å². The Morgan fingerprint density at radius 1 is 1.14 bits per heavy atom. The predicted octanol–water partition coefficient (Wildman–Crippen LogP) is 1.75. The Morgan fingerprint density at radius 3 is 2.57 bits per heavy atom. The first kappa shape index (κ1) is 19.6. The van der Waals surface area contributed by atoms with Crippen molar-refractivity contribution in [3.63, 3.8) is 0 Å². The summed E-state index contributed by atoms with van der Waals surface area (Å²) in [4.78, 5) is 49.7. The molecule has 8 nitrogen and oxygen atoms in total. The van der Waals surface area contributed by atoms with Gasteiger partial charge in [-0.3, -0.25) is 9.59 Å². The zero-order valence-electron chi connectivity index (χ0n) is 15.5. The Morgan fingerprint density at radius 2 is 1.86 bits per heavy atom. The first-order chi connectivity index (χ1) is 13.5. The van der Waals surface area contributed by atoms with E-state index in [1.54, 1.807) is 31.2 Å². The first-order valence-electron chi connectivity index (χ1n) is 9.14. The van der Waals surface area contributed by atoms with Crippen LogP contribution in [0.1, 0.15) is 30.1 Å². The third kappa shape index (κ3) is 4.39. The lowest BCUT2D eigenvalue weighted by Gasteiger charge is -2.30. The zero-order chi connectivity index (χ0) is 20.1. The maximum atomic E-state index is 12.3. The van der Waals surface area contributed by atoms with Gasteiger partial charge in [-0.15, -0.1) is 0 Å². The molecule has 0 atom stereocenters. The minimum absolute atomic E-state index is 0.214. The van der Waals surface area contributed by atoms with E-state index in [1.165, 1.54) is 11.0 Å². The number of ether oxygens (including phenoxy) is 2. The van der Waals surface area contributed by atoms with E-state index in [0.29, 0.717) is 43.5 Å². The number of piperidine rings is 1. The highest BCUT2D eigenvalue weighted by Gasteiger charge is 2.28. The van der Waals surface area contributed by atoms with Crippen molar-refractivity contribution in [2.75, 3.05) is 26.3 Å². The molecule has 0 spiro atoms. The number of nitrogens with zero attached hydrogens (tertiary/aromatic N) is 1. The number of hydrogen-bond acceptors (Lipinski definition) is 7. The molecule has 0 saturated carbocycles. The Hall–Kier alpha value is -3.16. The molecule has 0 aliphatic carbocycles. The van der Waals surface area contributed by atoms with Crippen LogP contribution >= 0.6 is 0 Å². The van der Waals surface area contributed by atoms with Crippen LogP contribution in [-0.4, -0.2) is 49.0 Å². The van der Waals surface area contributed by atoms with E-state index in [1.807, 2.05) is 0 Å². The normalized spacial score (nSPS) is 14.7. The van der Waals surface area contributed by atoms with Crippen molar-refractivity contribution in [3.05, 3.63) is 46.3 Å². The van der Waals surface area contributed by atoms with Crippen molar-refractivity contribution in [3.8, 4) is 0 Å². The minimum Gasteiger partial charge on any atom is -0.466 e. The second kappa shape index (κ2) is 8.69. The fourth-order valence-electron chi connectivity index (χ4n) is 3.13. The molecule has 1 saturated heterocycles. The quantitative estimate of drug-likeness (QED) is 0.569. The summed E-state index contributed by atoms with van der Waals surface area (Å²) in [5, 5.41) is 0.585. The molecular weight excluding hydrogens is 366 g/mol. The maximum Gasteiger partial charge on any atom is 0.351 e. The monoisotopic (exact) mass is 387 g/mol. The van der Waals surface area contributed by atoms with Crippen LogP contribution < -0.4 is 5.63 Å². The van der Waals surface area contributed by atoms with Gasteiger partial charge in [0, 0.05) is 18.5 Å². The molecule has 1 aliphatic rings. The summed E-state index contributed by atoms with van der Waals surface area (Å²) in [5.74, 6) is -1.74. The zero-order valence-corrected chi connectivity index (χ0v) is 15.5. The predicted molar refractivity (Wildman–Crippen MR) is 98.7 cm³/mol. The lowest BCUT2D eigenvalue weighted by Crippen LogP contribution is -2.42. The van der Waals surface area contributed by atoms with E-state index in [-0.39, 0.29) is 23.4 Å². The first-order valence-corrected chi connectivity index (χ1v) is 9.14. The summed E-state index contributed by atoms with van der Waals surface area (Å²) in [6, 6.07) is 8.18. The van der Waals surface area contributed by atoms with Crippen molar-refractivity contribution in [2.24, 2.45) is 5.92 Å². The van der Waals surface area contributed by atoms with Gasteiger partial charge in [0.15, 0.2) is 6.61 Å². The molecule has 8 heteroatoms. The van der Waals surface area contributed by atoms with Gasteiger partial charge in [0.1, 0.15) is 11.1 Å². The van der Waals surface area contributed by atoms with Gasteiger partial charge in [-0.25, -0.2) is 9.59 Å². The summed E-state index contributed by atoms with van der Waals surface area (Å²) in [5.41, 5.74) is -0.705. The second-order valence-corrected chi connectivity index (χ2v) is 6.47. The Balaban J connectivity index is 1.55. The Kier molecular flexibility index (Phi) is 6.08. The molecule has 2 aromatic rings. The van der Waals surface area contributed by atoms with Gasteiger partial charge < -0.3 is 18.8 Å². The number of rotatable bonds is 5. The average molecular weight is 387 g/mol. The van der Waals surface area contributed by atoms with Gasteiger partial charge in [-0.2, -0.15) is 0 Å². The van der Waals surface area contributed by atoms with Gasteiger partial charge in [0.05, 0.1) is 12.5 Å². The maximum absolute atomic E-state index is 12.3. The van der Waals surface area contributed by atoms with Crippen LogP contribution in [0.2, 0.25) is 0 Å². The molecule has 0 unspecified atom stereocenters. The standard InChI is InChI=1S/C20H21NO7/c1-2-26-18(23)13-7-9-21(10-8-13)17(22)12-27-19(24)15-11-14-5-3-4-6-16(14)28-20(15)25/h3-6,11,13H,2,7-10,12H2,1H3. The number of benzene rings is 1. The van der Waals surface area contributed by atoms with Crippen LogP contribution in [0.4, 0.5) is 0 Å². The van der Waals surface area contributed by atoms with E-state index in [0.717, 1.165) is 0 Å². The third-order valence-electron chi connectivity index (χ3n) is 4.66. The lowest BCUT2D eigenvalue weighted by atomic mass is 9.97. The molecule has 1 aromatic heterocycles. The molecule has 0 N–H and O–H groups in total. The fourth-order valence-corrected chi connectivity index (χ4v) is 3.13. The number of carbonyl (C=O) groups excluding carboxylic acids is 3. The summed E-state index contributed by atoms with van der Waals surface area (Å²) in [6.45, 7) is 2.38. The summed E-state index contributed by atoms with van der Waals surface area (Å²) < 4.78 is 15.1. The summed E-state index contributed by atoms with van der Waals surface area (Å²) in [7, 11) is 0. The Bertz CT molecular complexity index is 941. The number of carbonyl (C=O) groups is 3. The molecule has 1 aromatic carbocycles. The summed E-state index contributed by atoms with van der Waals surface area (Å²) >= 11 is 0.